The number of methoxy groups -OCH3 is 1. The number of aliphatic hydroxyl groups excluding tert-OH is 1. The Hall–Kier alpha value is -4.61. The van der Waals surface area contributed by atoms with Crippen LogP contribution in [-0.4, -0.2) is 91.5 Å². The lowest BCUT2D eigenvalue weighted by Crippen LogP contribution is -2.48. The van der Waals surface area contributed by atoms with Crippen LogP contribution in [0.1, 0.15) is 60.7 Å². The van der Waals surface area contributed by atoms with E-state index in [0.717, 1.165) is 19.3 Å². The van der Waals surface area contributed by atoms with E-state index >= 15 is 0 Å². The van der Waals surface area contributed by atoms with Gasteiger partial charge in [0.15, 0.2) is 0 Å². The van der Waals surface area contributed by atoms with Crippen LogP contribution in [0.4, 0.5) is 16.2 Å². The molecule has 0 saturated carbocycles. The van der Waals surface area contributed by atoms with Gasteiger partial charge in [-0.1, -0.05) is 25.1 Å². The van der Waals surface area contributed by atoms with Crippen molar-refractivity contribution in [2.45, 2.75) is 58.3 Å². The fourth-order valence-electron chi connectivity index (χ4n) is 5.50. The molecule has 3 N–H and O–H groups in total. The smallest absolute Gasteiger partial charge is 0.321 e. The van der Waals surface area contributed by atoms with Crippen LogP contribution in [0.2, 0.25) is 0 Å². The molecule has 1 heterocycles. The number of fused-ring (bicyclic) bond motifs is 1. The van der Waals surface area contributed by atoms with Crippen LogP contribution in [0, 0.1) is 5.92 Å². The molecule has 11 heteroatoms. The molecule has 11 nitrogen and oxygen atoms in total. The quantitative estimate of drug-likeness (QED) is 0.274. The van der Waals surface area contributed by atoms with Gasteiger partial charge in [0.25, 0.3) is 11.8 Å². The van der Waals surface area contributed by atoms with Crippen LogP contribution in [0.5, 0.6) is 11.5 Å². The lowest BCUT2D eigenvalue weighted by Gasteiger charge is -2.35. The molecule has 0 unspecified atom stereocenters. The Balaban J connectivity index is 1.58. The Morgan fingerprint density at radius 3 is 2.42 bits per heavy atom. The van der Waals surface area contributed by atoms with Crippen molar-refractivity contribution in [1.29, 1.82) is 0 Å². The van der Waals surface area contributed by atoms with E-state index in [4.69, 9.17) is 14.2 Å². The highest BCUT2D eigenvalue weighted by molar-refractivity contribution is 6.05. The molecule has 4 atom stereocenters. The number of nitrogens with one attached hydrogen (secondary N) is 2. The van der Waals surface area contributed by atoms with Crippen LogP contribution in [0.3, 0.4) is 0 Å². The van der Waals surface area contributed by atoms with Gasteiger partial charge < -0.3 is 39.8 Å². The maximum absolute atomic E-state index is 14.4. The predicted molar refractivity (Wildman–Crippen MR) is 186 cm³/mol. The fraction of sp³-hybridized carbons (Fsp3) is 0.432. The highest BCUT2D eigenvalue weighted by Crippen LogP contribution is 2.29. The third-order valence-electron chi connectivity index (χ3n) is 8.49. The maximum Gasteiger partial charge on any atom is 0.321 e. The van der Waals surface area contributed by atoms with Crippen molar-refractivity contribution in [1.82, 2.24) is 9.80 Å². The lowest BCUT2D eigenvalue weighted by molar-refractivity contribution is -0.0115. The third kappa shape index (κ3) is 9.95. The van der Waals surface area contributed by atoms with Crippen molar-refractivity contribution >= 4 is 29.2 Å². The second kappa shape index (κ2) is 17.5. The summed E-state index contributed by atoms with van der Waals surface area (Å²) in [5.41, 5.74) is 1.86. The molecule has 3 aromatic carbocycles. The first-order valence-electron chi connectivity index (χ1n) is 16.5. The summed E-state index contributed by atoms with van der Waals surface area (Å²) in [7, 11) is 3.29. The molecule has 0 saturated heterocycles. The monoisotopic (exact) mass is 660 g/mol. The summed E-state index contributed by atoms with van der Waals surface area (Å²) in [6.45, 7) is 6.47. The zero-order valence-electron chi connectivity index (χ0n) is 28.5. The summed E-state index contributed by atoms with van der Waals surface area (Å²) in [5, 5.41) is 16.0. The number of urea groups is 1. The van der Waals surface area contributed by atoms with Gasteiger partial charge >= 0.3 is 6.03 Å². The normalized spacial score (nSPS) is 19.6. The molecule has 3 aromatic rings. The zero-order valence-corrected chi connectivity index (χ0v) is 28.5. The highest BCUT2D eigenvalue weighted by Gasteiger charge is 2.31. The van der Waals surface area contributed by atoms with Gasteiger partial charge in [0.2, 0.25) is 0 Å². The Morgan fingerprint density at radius 2 is 1.73 bits per heavy atom. The van der Waals surface area contributed by atoms with E-state index in [-0.39, 0.29) is 55.1 Å². The first-order valence-corrected chi connectivity index (χ1v) is 16.5. The van der Waals surface area contributed by atoms with Crippen molar-refractivity contribution in [2.75, 3.05) is 51.1 Å². The number of likely N-dealkylation sites (N-methyl/N-ethyl adjacent to an activating group) is 1. The Bertz CT molecular complexity index is 1500. The van der Waals surface area contributed by atoms with Crippen LogP contribution in [-0.2, 0) is 4.74 Å². The standard InChI is InChI=1S/C37H48N4O7/c1-25-22-41(26(2)24-42)36(44)32-21-30(38-35(43)28-12-7-6-8-13-28)16-19-33(32)48-27(3)11-9-10-20-47-34(25)23-40(4)37(45)39-29-14-17-31(46-5)18-15-29/h6-8,12-19,21,25-27,34,42H,9-11,20,22-24H2,1-5H3,(H,38,43)(H,39,45)/t25-,26+,27-,34-/m0/s1. The second-order valence-corrected chi connectivity index (χ2v) is 12.4. The molecular formula is C37H48N4O7. The van der Waals surface area contributed by atoms with Gasteiger partial charge in [-0.25, -0.2) is 4.79 Å². The van der Waals surface area contributed by atoms with E-state index in [1.165, 1.54) is 0 Å². The minimum atomic E-state index is -0.530. The Kier molecular flexibility index (Phi) is 13.2. The van der Waals surface area contributed by atoms with Crippen molar-refractivity contribution in [2.24, 2.45) is 5.92 Å². The van der Waals surface area contributed by atoms with Gasteiger partial charge in [-0.2, -0.15) is 0 Å². The number of anilines is 2. The van der Waals surface area contributed by atoms with Gasteiger partial charge in [-0.15, -0.1) is 0 Å². The molecule has 0 fully saturated rings. The molecule has 4 amide bonds. The fourth-order valence-corrected chi connectivity index (χ4v) is 5.50. The summed E-state index contributed by atoms with van der Waals surface area (Å²) in [6.07, 6.45) is 1.80. The van der Waals surface area contributed by atoms with Gasteiger partial charge in [0.1, 0.15) is 11.5 Å². The lowest BCUT2D eigenvalue weighted by atomic mass is 10.0. The van der Waals surface area contributed by atoms with Crippen LogP contribution in [0.15, 0.2) is 72.8 Å². The summed E-state index contributed by atoms with van der Waals surface area (Å²) < 4.78 is 17.9. The number of aliphatic hydroxyl groups is 1. The van der Waals surface area contributed by atoms with Gasteiger partial charge in [-0.05, 0) is 87.7 Å². The summed E-state index contributed by atoms with van der Waals surface area (Å²) in [4.78, 5) is 43.6. The molecular weight excluding hydrogens is 612 g/mol. The predicted octanol–water partition coefficient (Wildman–Crippen LogP) is 5.91. The van der Waals surface area contributed by atoms with Crippen LogP contribution < -0.4 is 20.1 Å². The highest BCUT2D eigenvalue weighted by atomic mass is 16.5. The molecule has 0 aliphatic carbocycles. The van der Waals surface area contributed by atoms with Gasteiger partial charge in [-0.3, -0.25) is 9.59 Å². The average molecular weight is 661 g/mol. The largest absolute Gasteiger partial charge is 0.497 e. The number of ether oxygens (including phenoxy) is 3. The minimum absolute atomic E-state index is 0.185. The topological polar surface area (TPSA) is 130 Å². The number of carbonyl (C=O) groups is 3. The first-order chi connectivity index (χ1) is 23.1. The summed E-state index contributed by atoms with van der Waals surface area (Å²) in [6, 6.07) is 20.2. The van der Waals surface area contributed by atoms with E-state index in [1.54, 1.807) is 97.6 Å². The number of benzene rings is 3. The van der Waals surface area contributed by atoms with E-state index in [0.29, 0.717) is 35.0 Å². The molecule has 1 aliphatic rings. The minimum Gasteiger partial charge on any atom is -0.497 e. The van der Waals surface area contributed by atoms with Gasteiger partial charge in [0, 0.05) is 49.6 Å². The van der Waals surface area contributed by atoms with Crippen molar-refractivity contribution in [3.8, 4) is 11.5 Å². The summed E-state index contributed by atoms with van der Waals surface area (Å²) in [5.74, 6) is 0.241. The number of nitrogens with zero attached hydrogens (tertiary/aromatic N) is 2. The Morgan fingerprint density at radius 1 is 1.02 bits per heavy atom. The maximum atomic E-state index is 14.4. The SMILES string of the molecule is COc1ccc(NC(=O)N(C)C[C@@H]2OCCCC[C@H](C)Oc3ccc(NC(=O)c4ccccc4)cc3C(=O)N([C@H](C)CO)C[C@@H]2C)cc1. The zero-order chi connectivity index (χ0) is 34.6. The van der Waals surface area contributed by atoms with Crippen LogP contribution >= 0.6 is 0 Å². The number of hydrogen-bond donors (Lipinski definition) is 3. The van der Waals surface area contributed by atoms with Crippen LogP contribution in [0.25, 0.3) is 0 Å². The van der Waals surface area contributed by atoms with Crippen molar-refractivity contribution in [3.05, 3.63) is 83.9 Å². The molecule has 4 rings (SSSR count). The van der Waals surface area contributed by atoms with Gasteiger partial charge in [0.05, 0.1) is 37.5 Å². The molecule has 0 aromatic heterocycles. The number of rotatable bonds is 8. The van der Waals surface area contributed by atoms with Crippen molar-refractivity contribution in [3.63, 3.8) is 0 Å². The Labute approximate surface area is 283 Å². The molecule has 0 spiro atoms. The summed E-state index contributed by atoms with van der Waals surface area (Å²) >= 11 is 0. The van der Waals surface area contributed by atoms with E-state index in [1.807, 2.05) is 19.9 Å². The molecule has 48 heavy (non-hydrogen) atoms. The molecule has 0 bridgehead atoms. The van der Waals surface area contributed by atoms with E-state index < -0.39 is 12.1 Å². The number of hydrogen-bond acceptors (Lipinski definition) is 7. The third-order valence-corrected chi connectivity index (χ3v) is 8.49. The average Bonchev–Trinajstić information content (AvgIpc) is 3.10. The van der Waals surface area contributed by atoms with E-state index in [9.17, 15) is 19.5 Å². The van der Waals surface area contributed by atoms with E-state index in [2.05, 4.69) is 10.6 Å². The molecule has 1 aliphatic heterocycles. The molecule has 0 radical (unpaired) electrons. The second-order valence-electron chi connectivity index (χ2n) is 12.4. The first kappa shape index (κ1) is 36.2. The molecule has 258 valence electrons. The number of amides is 4. The van der Waals surface area contributed by atoms with Crippen molar-refractivity contribution < 1.29 is 33.7 Å². The number of carbonyl (C=O) groups excluding carboxylic acids is 3.